The Morgan fingerprint density at radius 1 is 1.24 bits per heavy atom. The first kappa shape index (κ1) is 16.5. The average molecular weight is 339 g/mol. The number of para-hydroxylation sites is 1. The number of H-pyrrole nitrogens is 1. The van der Waals surface area contributed by atoms with Crippen molar-refractivity contribution >= 4 is 11.9 Å². The van der Waals surface area contributed by atoms with E-state index in [0.717, 1.165) is 16.6 Å². The maximum absolute atomic E-state index is 12.0. The molecule has 0 bridgehead atoms. The average Bonchev–Trinajstić information content (AvgIpc) is 3.12. The molecule has 0 aliphatic rings. The number of furan rings is 1. The first-order chi connectivity index (χ1) is 12.1. The molecule has 1 aromatic carbocycles. The van der Waals surface area contributed by atoms with Crippen LogP contribution in [-0.2, 0) is 13.0 Å². The molecule has 0 amide bonds. The third-order valence-electron chi connectivity index (χ3n) is 3.81. The van der Waals surface area contributed by atoms with Crippen molar-refractivity contribution in [2.24, 2.45) is 4.99 Å². The van der Waals surface area contributed by atoms with Crippen LogP contribution in [0.2, 0.25) is 0 Å². The van der Waals surface area contributed by atoms with Crippen LogP contribution in [0.1, 0.15) is 23.8 Å². The lowest BCUT2D eigenvalue weighted by molar-refractivity contribution is 0.392. The lowest BCUT2D eigenvalue weighted by atomic mass is 10.1. The van der Waals surface area contributed by atoms with E-state index in [2.05, 4.69) is 9.98 Å². The molecule has 0 aliphatic carbocycles. The minimum atomic E-state index is -0.718. The molecule has 0 saturated carbocycles. The zero-order valence-corrected chi connectivity index (χ0v) is 13.6. The van der Waals surface area contributed by atoms with Gasteiger partial charge in [0.25, 0.3) is 5.56 Å². The van der Waals surface area contributed by atoms with Gasteiger partial charge in [0, 0.05) is 6.21 Å². The fourth-order valence-electron chi connectivity index (χ4n) is 2.47. The molecule has 2 heterocycles. The summed E-state index contributed by atoms with van der Waals surface area (Å²) in [4.78, 5) is 30.5. The molecule has 3 rings (SSSR count). The number of aliphatic imine (C=N–C) groups is 1. The van der Waals surface area contributed by atoms with Gasteiger partial charge in [0.1, 0.15) is 11.3 Å². The monoisotopic (exact) mass is 339 g/mol. The topological polar surface area (TPSA) is 101 Å². The number of nitrogens with one attached hydrogen (secondary N) is 1. The Hall–Kier alpha value is -3.35. The van der Waals surface area contributed by atoms with Crippen molar-refractivity contribution < 1.29 is 9.52 Å². The van der Waals surface area contributed by atoms with Crippen LogP contribution in [0.4, 0.5) is 5.69 Å². The molecule has 0 aliphatic heterocycles. The molecule has 0 spiro atoms. The van der Waals surface area contributed by atoms with Gasteiger partial charge < -0.3 is 9.52 Å². The van der Waals surface area contributed by atoms with Gasteiger partial charge in [0.2, 0.25) is 5.88 Å². The molecule has 0 atom stereocenters. The fourth-order valence-corrected chi connectivity index (χ4v) is 2.47. The molecule has 0 fully saturated rings. The Morgan fingerprint density at radius 3 is 2.76 bits per heavy atom. The highest BCUT2D eigenvalue weighted by Crippen LogP contribution is 2.19. The minimum Gasteiger partial charge on any atom is -0.494 e. The molecule has 2 aromatic heterocycles. The summed E-state index contributed by atoms with van der Waals surface area (Å²) in [7, 11) is 0. The molecule has 2 N–H and O–H groups in total. The van der Waals surface area contributed by atoms with Gasteiger partial charge in [-0.05, 0) is 30.2 Å². The number of aromatic hydroxyl groups is 1. The van der Waals surface area contributed by atoms with Crippen LogP contribution >= 0.6 is 0 Å². The Morgan fingerprint density at radius 2 is 2.04 bits per heavy atom. The van der Waals surface area contributed by atoms with E-state index in [1.807, 2.05) is 31.2 Å². The number of nitrogens with zero attached hydrogens (tertiary/aromatic N) is 2. The molecular weight excluding hydrogens is 322 g/mol. The largest absolute Gasteiger partial charge is 0.494 e. The molecular formula is C18H17N3O4. The summed E-state index contributed by atoms with van der Waals surface area (Å²) < 4.78 is 6.20. The normalized spacial score (nSPS) is 11.2. The second-order valence-electron chi connectivity index (χ2n) is 5.40. The van der Waals surface area contributed by atoms with Crippen molar-refractivity contribution in [2.45, 2.75) is 19.9 Å². The van der Waals surface area contributed by atoms with E-state index in [1.165, 1.54) is 12.5 Å². The van der Waals surface area contributed by atoms with Crippen molar-refractivity contribution in [1.82, 2.24) is 9.55 Å². The first-order valence-corrected chi connectivity index (χ1v) is 7.80. The zero-order chi connectivity index (χ0) is 17.8. The van der Waals surface area contributed by atoms with Crippen molar-refractivity contribution in [3.8, 4) is 5.88 Å². The maximum atomic E-state index is 12.0. The van der Waals surface area contributed by atoms with E-state index in [0.29, 0.717) is 11.4 Å². The van der Waals surface area contributed by atoms with Gasteiger partial charge in [0.15, 0.2) is 0 Å². The van der Waals surface area contributed by atoms with Gasteiger partial charge in [0.05, 0.1) is 18.5 Å². The second kappa shape index (κ2) is 7.04. The van der Waals surface area contributed by atoms with Crippen LogP contribution in [0.3, 0.4) is 0 Å². The van der Waals surface area contributed by atoms with E-state index in [1.54, 1.807) is 12.1 Å². The van der Waals surface area contributed by atoms with E-state index >= 15 is 0 Å². The maximum Gasteiger partial charge on any atom is 0.331 e. The number of hydrogen-bond acceptors (Lipinski definition) is 5. The Labute approximate surface area is 142 Å². The molecule has 0 radical (unpaired) electrons. The van der Waals surface area contributed by atoms with Gasteiger partial charge in [-0.15, -0.1) is 0 Å². The summed E-state index contributed by atoms with van der Waals surface area (Å²) in [5.41, 5.74) is 0.212. The first-order valence-electron chi connectivity index (χ1n) is 7.80. The van der Waals surface area contributed by atoms with Gasteiger partial charge in [-0.1, -0.05) is 25.1 Å². The predicted molar refractivity (Wildman–Crippen MR) is 93.9 cm³/mol. The molecule has 25 heavy (non-hydrogen) atoms. The van der Waals surface area contributed by atoms with Gasteiger partial charge in [-0.3, -0.25) is 19.3 Å². The van der Waals surface area contributed by atoms with E-state index in [-0.39, 0.29) is 12.1 Å². The molecule has 3 aromatic rings. The van der Waals surface area contributed by atoms with E-state index in [9.17, 15) is 14.7 Å². The highest BCUT2D eigenvalue weighted by atomic mass is 16.3. The highest BCUT2D eigenvalue weighted by Gasteiger charge is 2.14. The Balaban J connectivity index is 2.03. The summed E-state index contributed by atoms with van der Waals surface area (Å²) in [6.07, 6.45) is 3.52. The van der Waals surface area contributed by atoms with Crippen molar-refractivity contribution in [3.05, 3.63) is 80.4 Å². The van der Waals surface area contributed by atoms with Crippen molar-refractivity contribution in [3.63, 3.8) is 0 Å². The molecule has 128 valence electrons. The molecule has 7 nitrogen and oxygen atoms in total. The quantitative estimate of drug-likeness (QED) is 0.696. The smallest absolute Gasteiger partial charge is 0.331 e. The second-order valence-corrected chi connectivity index (χ2v) is 5.40. The van der Waals surface area contributed by atoms with Gasteiger partial charge in [-0.2, -0.15) is 0 Å². The number of aromatic amines is 1. The number of hydrogen-bond donors (Lipinski definition) is 2. The Bertz CT molecular complexity index is 1010. The lowest BCUT2D eigenvalue weighted by Crippen LogP contribution is -2.32. The van der Waals surface area contributed by atoms with Crippen LogP contribution in [0.25, 0.3) is 0 Å². The molecule has 7 heteroatoms. The third-order valence-corrected chi connectivity index (χ3v) is 3.81. The summed E-state index contributed by atoms with van der Waals surface area (Å²) >= 11 is 0. The van der Waals surface area contributed by atoms with Crippen molar-refractivity contribution in [1.29, 1.82) is 0 Å². The number of benzene rings is 1. The van der Waals surface area contributed by atoms with Crippen LogP contribution in [0, 0.1) is 0 Å². The summed E-state index contributed by atoms with van der Waals surface area (Å²) in [5, 5.41) is 10.4. The van der Waals surface area contributed by atoms with Gasteiger partial charge >= 0.3 is 5.69 Å². The molecule has 0 saturated heterocycles. The zero-order valence-electron chi connectivity index (χ0n) is 13.6. The lowest BCUT2D eigenvalue weighted by Gasteiger charge is -2.08. The van der Waals surface area contributed by atoms with Crippen LogP contribution < -0.4 is 11.2 Å². The Kier molecular flexibility index (Phi) is 4.65. The minimum absolute atomic E-state index is 0.000827. The number of aryl methyl sites for hydroxylation is 1. The standard InChI is InChI=1S/C18H17N3O4/c1-2-12-6-3-4-8-15(12)19-10-14-16(22)20-18(24)21(17(14)23)11-13-7-5-9-25-13/h3-10,23H,2,11H2,1H3,(H,20,22,24). The predicted octanol–water partition coefficient (Wildman–Crippen LogP) is 2.20. The van der Waals surface area contributed by atoms with E-state index < -0.39 is 17.1 Å². The van der Waals surface area contributed by atoms with Crippen LogP contribution in [-0.4, -0.2) is 20.9 Å². The van der Waals surface area contributed by atoms with E-state index in [4.69, 9.17) is 4.42 Å². The number of aromatic nitrogens is 2. The highest BCUT2D eigenvalue weighted by molar-refractivity contribution is 5.84. The molecule has 0 unspecified atom stereocenters. The third kappa shape index (κ3) is 3.45. The van der Waals surface area contributed by atoms with Crippen LogP contribution in [0.5, 0.6) is 5.88 Å². The summed E-state index contributed by atoms with van der Waals surface area (Å²) in [6.45, 7) is 2.00. The number of rotatable bonds is 5. The summed E-state index contributed by atoms with van der Waals surface area (Å²) in [5.74, 6) is 0.0199. The fraction of sp³-hybridized carbons (Fsp3) is 0.167. The van der Waals surface area contributed by atoms with Crippen molar-refractivity contribution in [2.75, 3.05) is 0 Å². The van der Waals surface area contributed by atoms with Gasteiger partial charge in [-0.25, -0.2) is 4.79 Å². The SMILES string of the molecule is CCc1ccccc1N=Cc1c(O)n(Cc2ccco2)c(=O)[nH]c1=O. The summed E-state index contributed by atoms with van der Waals surface area (Å²) in [6, 6.07) is 10.9. The van der Waals surface area contributed by atoms with Crippen LogP contribution in [0.15, 0.2) is 61.7 Å².